The van der Waals surface area contributed by atoms with Gasteiger partial charge in [0.25, 0.3) is 0 Å². The normalized spacial score (nSPS) is 10.4. The minimum atomic E-state index is -0.456. The lowest BCUT2D eigenvalue weighted by Crippen LogP contribution is -2.18. The predicted octanol–water partition coefficient (Wildman–Crippen LogP) is 3.95. The lowest BCUT2D eigenvalue weighted by atomic mass is 9.93. The molecule has 4 heteroatoms. The largest absolute Gasteiger partial charge is 0.462 e. The molecule has 0 bridgehead atoms. The van der Waals surface area contributed by atoms with Gasteiger partial charge in [-0.2, -0.15) is 0 Å². The van der Waals surface area contributed by atoms with Crippen molar-refractivity contribution in [3.63, 3.8) is 0 Å². The zero-order chi connectivity index (χ0) is 16.5. The number of aryl methyl sites for hydroxylation is 1. The Morgan fingerprint density at radius 3 is 1.95 bits per heavy atom. The Labute approximate surface area is 132 Å². The van der Waals surface area contributed by atoms with E-state index in [1.807, 2.05) is 33.8 Å². The van der Waals surface area contributed by atoms with E-state index >= 15 is 0 Å². The molecule has 0 saturated carbocycles. The fourth-order valence-corrected chi connectivity index (χ4v) is 2.37. The molecule has 0 aliphatic heterocycles. The number of hydrogen-bond acceptors (Lipinski definition) is 4. The van der Waals surface area contributed by atoms with Gasteiger partial charge in [-0.25, -0.2) is 9.59 Å². The first-order valence-electron chi connectivity index (χ1n) is 8.09. The van der Waals surface area contributed by atoms with Crippen LogP contribution >= 0.6 is 0 Å². The van der Waals surface area contributed by atoms with Crippen molar-refractivity contribution in [2.75, 3.05) is 13.2 Å². The predicted molar refractivity (Wildman–Crippen MR) is 86.3 cm³/mol. The molecule has 0 heterocycles. The van der Waals surface area contributed by atoms with Gasteiger partial charge in [-0.3, -0.25) is 0 Å². The van der Waals surface area contributed by atoms with Gasteiger partial charge in [0.05, 0.1) is 24.3 Å². The van der Waals surface area contributed by atoms with Gasteiger partial charge in [-0.15, -0.1) is 0 Å². The summed E-state index contributed by atoms with van der Waals surface area (Å²) in [4.78, 5) is 24.7. The Hall–Kier alpha value is -1.84. The van der Waals surface area contributed by atoms with Crippen LogP contribution in [-0.2, 0) is 22.3 Å². The molecule has 1 rings (SSSR count). The molecule has 122 valence electrons. The van der Waals surface area contributed by atoms with Crippen molar-refractivity contribution in [2.45, 2.75) is 53.4 Å². The van der Waals surface area contributed by atoms with Gasteiger partial charge in [0.1, 0.15) is 0 Å². The van der Waals surface area contributed by atoms with Gasteiger partial charge >= 0.3 is 11.9 Å². The summed E-state index contributed by atoms with van der Waals surface area (Å²) in [5.74, 6) is -0.889. The van der Waals surface area contributed by atoms with Crippen molar-refractivity contribution in [3.05, 3.63) is 34.4 Å². The topological polar surface area (TPSA) is 52.6 Å². The standard InChI is InChI=1S/C18H26O4/c1-5-11-21-17(19)15-10-9-13(7-3)14(8-4)16(15)18(20)22-12-6-2/h9-10H,5-8,11-12H2,1-4H3. The summed E-state index contributed by atoms with van der Waals surface area (Å²) in [7, 11) is 0. The van der Waals surface area contributed by atoms with E-state index in [1.54, 1.807) is 6.07 Å². The molecule has 0 spiro atoms. The minimum absolute atomic E-state index is 0.309. The van der Waals surface area contributed by atoms with Crippen LogP contribution in [0.5, 0.6) is 0 Å². The summed E-state index contributed by atoms with van der Waals surface area (Å²) in [6, 6.07) is 3.58. The summed E-state index contributed by atoms with van der Waals surface area (Å²) in [6.45, 7) is 8.58. The molecule has 0 amide bonds. The molecule has 0 aliphatic carbocycles. The molecule has 0 fully saturated rings. The molecule has 0 saturated heterocycles. The maximum Gasteiger partial charge on any atom is 0.339 e. The van der Waals surface area contributed by atoms with Crippen LogP contribution in [0.1, 0.15) is 72.4 Å². The van der Waals surface area contributed by atoms with E-state index in [9.17, 15) is 9.59 Å². The lowest BCUT2D eigenvalue weighted by Gasteiger charge is -2.16. The second-order valence-corrected chi connectivity index (χ2v) is 5.10. The van der Waals surface area contributed by atoms with Gasteiger partial charge in [0.2, 0.25) is 0 Å². The number of carbonyl (C=O) groups is 2. The van der Waals surface area contributed by atoms with Gasteiger partial charge in [-0.05, 0) is 42.9 Å². The van der Waals surface area contributed by atoms with Crippen LogP contribution in [0.3, 0.4) is 0 Å². The van der Waals surface area contributed by atoms with Crippen molar-refractivity contribution in [3.8, 4) is 0 Å². The molecule has 0 N–H and O–H groups in total. The van der Waals surface area contributed by atoms with Crippen LogP contribution in [0.25, 0.3) is 0 Å². The van der Waals surface area contributed by atoms with E-state index in [0.29, 0.717) is 30.8 Å². The average Bonchev–Trinajstić information content (AvgIpc) is 2.55. The third-order valence-corrected chi connectivity index (χ3v) is 3.44. The van der Waals surface area contributed by atoms with E-state index in [2.05, 4.69) is 0 Å². The van der Waals surface area contributed by atoms with Crippen LogP contribution in [-0.4, -0.2) is 25.2 Å². The number of ether oxygens (including phenoxy) is 2. The van der Waals surface area contributed by atoms with Gasteiger partial charge in [-0.1, -0.05) is 33.8 Å². The van der Waals surface area contributed by atoms with Gasteiger partial charge in [0.15, 0.2) is 0 Å². The molecule has 0 radical (unpaired) electrons. The Morgan fingerprint density at radius 1 is 0.864 bits per heavy atom. The molecule has 1 aromatic rings. The fraction of sp³-hybridized carbons (Fsp3) is 0.556. The zero-order valence-corrected chi connectivity index (χ0v) is 14.0. The number of rotatable bonds is 8. The molecule has 0 atom stereocenters. The Balaban J connectivity index is 3.30. The van der Waals surface area contributed by atoms with E-state index in [1.165, 1.54) is 0 Å². The van der Waals surface area contributed by atoms with Gasteiger partial charge < -0.3 is 9.47 Å². The van der Waals surface area contributed by atoms with Crippen LogP contribution in [0.15, 0.2) is 12.1 Å². The van der Waals surface area contributed by atoms with Crippen molar-refractivity contribution in [1.82, 2.24) is 0 Å². The second kappa shape index (κ2) is 9.23. The van der Waals surface area contributed by atoms with E-state index in [0.717, 1.165) is 30.4 Å². The number of esters is 2. The number of benzene rings is 1. The number of hydrogen-bond donors (Lipinski definition) is 0. The Bertz CT molecular complexity index is 520. The maximum absolute atomic E-state index is 12.4. The number of carbonyl (C=O) groups excluding carboxylic acids is 2. The van der Waals surface area contributed by atoms with Crippen LogP contribution < -0.4 is 0 Å². The maximum atomic E-state index is 12.4. The summed E-state index contributed by atoms with van der Waals surface area (Å²) in [6.07, 6.45) is 2.97. The minimum Gasteiger partial charge on any atom is -0.462 e. The van der Waals surface area contributed by atoms with Crippen molar-refractivity contribution < 1.29 is 19.1 Å². The highest BCUT2D eigenvalue weighted by Gasteiger charge is 2.24. The monoisotopic (exact) mass is 306 g/mol. The molecular formula is C18H26O4. The van der Waals surface area contributed by atoms with Crippen molar-refractivity contribution >= 4 is 11.9 Å². The molecule has 0 aliphatic rings. The van der Waals surface area contributed by atoms with Crippen LogP contribution in [0.2, 0.25) is 0 Å². The fourth-order valence-electron chi connectivity index (χ4n) is 2.37. The highest BCUT2D eigenvalue weighted by atomic mass is 16.5. The third kappa shape index (κ3) is 4.33. The van der Waals surface area contributed by atoms with Gasteiger partial charge in [0, 0.05) is 0 Å². The summed E-state index contributed by atoms with van der Waals surface area (Å²) < 4.78 is 10.5. The average molecular weight is 306 g/mol. The second-order valence-electron chi connectivity index (χ2n) is 5.10. The quantitative estimate of drug-likeness (QED) is 0.682. The molecule has 4 nitrogen and oxygen atoms in total. The first-order valence-corrected chi connectivity index (χ1v) is 8.09. The SMILES string of the molecule is CCCOC(=O)c1ccc(CC)c(CC)c1C(=O)OCCC. The molecule has 0 unspecified atom stereocenters. The molecule has 22 heavy (non-hydrogen) atoms. The lowest BCUT2D eigenvalue weighted by molar-refractivity contribution is 0.0456. The first-order chi connectivity index (χ1) is 10.6. The smallest absolute Gasteiger partial charge is 0.339 e. The molecular weight excluding hydrogens is 280 g/mol. The highest BCUT2D eigenvalue weighted by Crippen LogP contribution is 2.23. The highest BCUT2D eigenvalue weighted by molar-refractivity contribution is 6.04. The Morgan fingerprint density at radius 2 is 1.45 bits per heavy atom. The summed E-state index contributed by atoms with van der Waals surface area (Å²) in [5.41, 5.74) is 2.63. The molecule has 1 aromatic carbocycles. The van der Waals surface area contributed by atoms with Crippen molar-refractivity contribution in [1.29, 1.82) is 0 Å². The van der Waals surface area contributed by atoms with E-state index in [-0.39, 0.29) is 0 Å². The summed E-state index contributed by atoms with van der Waals surface area (Å²) >= 11 is 0. The first kappa shape index (κ1) is 18.2. The van der Waals surface area contributed by atoms with Crippen LogP contribution in [0, 0.1) is 0 Å². The van der Waals surface area contributed by atoms with E-state index in [4.69, 9.17) is 9.47 Å². The van der Waals surface area contributed by atoms with E-state index < -0.39 is 11.9 Å². The third-order valence-electron chi connectivity index (χ3n) is 3.44. The molecule has 0 aromatic heterocycles. The Kier molecular flexibility index (Phi) is 7.64. The summed E-state index contributed by atoms with van der Waals surface area (Å²) in [5, 5.41) is 0. The zero-order valence-electron chi connectivity index (χ0n) is 14.0. The van der Waals surface area contributed by atoms with Crippen molar-refractivity contribution in [2.24, 2.45) is 0 Å². The van der Waals surface area contributed by atoms with Crippen LogP contribution in [0.4, 0.5) is 0 Å².